The van der Waals surface area contributed by atoms with E-state index in [2.05, 4.69) is 31.2 Å². The Morgan fingerprint density at radius 1 is 1.50 bits per heavy atom. The zero-order chi connectivity index (χ0) is 9.40. The van der Waals surface area contributed by atoms with Crippen molar-refractivity contribution in [1.82, 2.24) is 5.48 Å². The normalized spacial score (nSPS) is 12.4. The van der Waals surface area contributed by atoms with Crippen LogP contribution in [0.5, 0.6) is 0 Å². The number of hydrogen-bond donors (Lipinski definition) is 2. The first-order valence-corrected chi connectivity index (χ1v) is 4.07. The van der Waals surface area contributed by atoms with Crippen molar-refractivity contribution < 1.29 is 9.94 Å². The van der Waals surface area contributed by atoms with Crippen LogP contribution in [-0.4, -0.2) is 25.0 Å². The van der Waals surface area contributed by atoms with Crippen molar-refractivity contribution in [2.24, 2.45) is 5.92 Å². The molecule has 0 rings (SSSR count). The molecule has 3 nitrogen and oxygen atoms in total. The highest BCUT2D eigenvalue weighted by Crippen LogP contribution is 2.02. The maximum absolute atomic E-state index is 8.68. The van der Waals surface area contributed by atoms with Gasteiger partial charge in [-0.2, -0.15) is 5.48 Å². The molecule has 1 atom stereocenters. The van der Waals surface area contributed by atoms with Crippen LogP contribution in [0.4, 0.5) is 0 Å². The SMILES string of the molecule is COCC#CC(CC(C)C)NO. The number of hydroxylamine groups is 1. The molecule has 0 aromatic rings. The van der Waals surface area contributed by atoms with E-state index in [1.807, 2.05) is 0 Å². The number of ether oxygens (including phenoxy) is 1. The molecule has 0 saturated heterocycles. The van der Waals surface area contributed by atoms with Gasteiger partial charge >= 0.3 is 0 Å². The molecule has 0 aliphatic rings. The Balaban J connectivity index is 3.76. The van der Waals surface area contributed by atoms with E-state index in [4.69, 9.17) is 9.94 Å². The van der Waals surface area contributed by atoms with E-state index in [0.717, 1.165) is 6.42 Å². The molecular formula is C9H17NO2. The summed E-state index contributed by atoms with van der Waals surface area (Å²) in [6.07, 6.45) is 0.840. The second kappa shape index (κ2) is 7.11. The summed E-state index contributed by atoms with van der Waals surface area (Å²) in [5.41, 5.74) is 2.16. The van der Waals surface area contributed by atoms with E-state index in [9.17, 15) is 0 Å². The van der Waals surface area contributed by atoms with Crippen molar-refractivity contribution in [3.05, 3.63) is 0 Å². The smallest absolute Gasteiger partial charge is 0.107 e. The van der Waals surface area contributed by atoms with Crippen LogP contribution in [0.1, 0.15) is 20.3 Å². The second-order valence-electron chi connectivity index (χ2n) is 3.07. The van der Waals surface area contributed by atoms with E-state index in [1.165, 1.54) is 0 Å². The van der Waals surface area contributed by atoms with Crippen molar-refractivity contribution in [3.63, 3.8) is 0 Å². The zero-order valence-electron chi connectivity index (χ0n) is 7.92. The molecule has 0 bridgehead atoms. The summed E-state index contributed by atoms with van der Waals surface area (Å²) in [6.45, 7) is 4.58. The van der Waals surface area contributed by atoms with Gasteiger partial charge in [0.25, 0.3) is 0 Å². The Bertz CT molecular complexity index is 158. The van der Waals surface area contributed by atoms with Gasteiger partial charge in [0, 0.05) is 7.11 Å². The summed E-state index contributed by atoms with van der Waals surface area (Å²) in [6, 6.07) is -0.139. The topological polar surface area (TPSA) is 41.5 Å². The highest BCUT2D eigenvalue weighted by molar-refractivity contribution is 5.07. The Labute approximate surface area is 74.1 Å². The first-order valence-electron chi connectivity index (χ1n) is 4.07. The fourth-order valence-corrected chi connectivity index (χ4v) is 0.852. The molecule has 70 valence electrons. The van der Waals surface area contributed by atoms with Crippen molar-refractivity contribution >= 4 is 0 Å². The lowest BCUT2D eigenvalue weighted by atomic mass is 10.1. The Morgan fingerprint density at radius 2 is 2.17 bits per heavy atom. The second-order valence-corrected chi connectivity index (χ2v) is 3.07. The van der Waals surface area contributed by atoms with Gasteiger partial charge in [-0.3, -0.25) is 0 Å². The monoisotopic (exact) mass is 171 g/mol. The molecule has 1 unspecified atom stereocenters. The lowest BCUT2D eigenvalue weighted by molar-refractivity contribution is 0.137. The van der Waals surface area contributed by atoms with Gasteiger partial charge in [0.1, 0.15) is 6.61 Å². The molecule has 0 amide bonds. The molecule has 3 heteroatoms. The van der Waals surface area contributed by atoms with Crippen LogP contribution < -0.4 is 5.48 Å². The van der Waals surface area contributed by atoms with Crippen LogP contribution in [0.3, 0.4) is 0 Å². The highest BCUT2D eigenvalue weighted by Gasteiger charge is 2.04. The van der Waals surface area contributed by atoms with Crippen LogP contribution in [0.2, 0.25) is 0 Å². The minimum atomic E-state index is -0.139. The van der Waals surface area contributed by atoms with E-state index in [1.54, 1.807) is 7.11 Å². The first kappa shape index (κ1) is 11.4. The molecule has 0 spiro atoms. The highest BCUT2D eigenvalue weighted by atomic mass is 16.5. The lowest BCUT2D eigenvalue weighted by Crippen LogP contribution is -2.25. The minimum Gasteiger partial charge on any atom is -0.372 e. The van der Waals surface area contributed by atoms with Gasteiger partial charge in [-0.05, 0) is 12.3 Å². The van der Waals surface area contributed by atoms with Crippen LogP contribution in [0, 0.1) is 17.8 Å². The molecular weight excluding hydrogens is 154 g/mol. The van der Waals surface area contributed by atoms with Crippen LogP contribution in [0.15, 0.2) is 0 Å². The number of nitrogens with one attached hydrogen (secondary N) is 1. The van der Waals surface area contributed by atoms with Gasteiger partial charge in [-0.25, -0.2) is 0 Å². The van der Waals surface area contributed by atoms with E-state index >= 15 is 0 Å². The number of rotatable bonds is 4. The predicted octanol–water partition coefficient (Wildman–Crippen LogP) is 1.03. The van der Waals surface area contributed by atoms with Crippen molar-refractivity contribution in [1.29, 1.82) is 0 Å². The van der Waals surface area contributed by atoms with Gasteiger partial charge in [0.2, 0.25) is 0 Å². The molecule has 2 N–H and O–H groups in total. The Morgan fingerprint density at radius 3 is 2.58 bits per heavy atom. The van der Waals surface area contributed by atoms with Crippen molar-refractivity contribution in [2.45, 2.75) is 26.3 Å². The molecule has 0 aliphatic heterocycles. The molecule has 0 heterocycles. The number of hydrogen-bond acceptors (Lipinski definition) is 3. The van der Waals surface area contributed by atoms with Crippen molar-refractivity contribution in [2.75, 3.05) is 13.7 Å². The van der Waals surface area contributed by atoms with E-state index in [0.29, 0.717) is 12.5 Å². The molecule has 12 heavy (non-hydrogen) atoms. The van der Waals surface area contributed by atoms with Crippen LogP contribution in [-0.2, 0) is 4.74 Å². The molecule has 0 radical (unpaired) electrons. The fourth-order valence-electron chi connectivity index (χ4n) is 0.852. The molecule has 0 aromatic heterocycles. The standard InChI is InChI=1S/C9H17NO2/c1-8(2)7-9(10-11)5-4-6-12-3/h8-11H,6-7H2,1-3H3. The average molecular weight is 171 g/mol. The largest absolute Gasteiger partial charge is 0.372 e. The van der Waals surface area contributed by atoms with Gasteiger partial charge in [-0.1, -0.05) is 25.7 Å². The molecule has 0 aromatic carbocycles. The van der Waals surface area contributed by atoms with Crippen molar-refractivity contribution in [3.8, 4) is 11.8 Å². The Kier molecular flexibility index (Phi) is 6.78. The summed E-state index contributed by atoms with van der Waals surface area (Å²) in [5, 5.41) is 8.68. The summed E-state index contributed by atoms with van der Waals surface area (Å²) in [7, 11) is 1.60. The van der Waals surface area contributed by atoms with Gasteiger partial charge in [0.05, 0.1) is 6.04 Å². The maximum Gasteiger partial charge on any atom is 0.107 e. The van der Waals surface area contributed by atoms with Gasteiger partial charge < -0.3 is 9.94 Å². The third-order valence-electron chi connectivity index (χ3n) is 1.36. The molecule has 0 saturated carbocycles. The van der Waals surface area contributed by atoms with Gasteiger partial charge in [-0.15, -0.1) is 0 Å². The first-order chi connectivity index (χ1) is 5.70. The summed E-state index contributed by atoms with van der Waals surface area (Å²) >= 11 is 0. The van der Waals surface area contributed by atoms with Gasteiger partial charge in [0.15, 0.2) is 0 Å². The molecule has 0 aliphatic carbocycles. The third-order valence-corrected chi connectivity index (χ3v) is 1.36. The minimum absolute atomic E-state index is 0.139. The Hall–Kier alpha value is -0.560. The lowest BCUT2D eigenvalue weighted by Gasteiger charge is -2.10. The van der Waals surface area contributed by atoms with E-state index < -0.39 is 0 Å². The predicted molar refractivity (Wildman–Crippen MR) is 47.8 cm³/mol. The third kappa shape index (κ3) is 6.17. The maximum atomic E-state index is 8.68. The zero-order valence-corrected chi connectivity index (χ0v) is 7.92. The molecule has 0 fully saturated rings. The fraction of sp³-hybridized carbons (Fsp3) is 0.778. The van der Waals surface area contributed by atoms with E-state index in [-0.39, 0.29) is 6.04 Å². The quantitative estimate of drug-likeness (QED) is 0.490. The number of methoxy groups -OCH3 is 1. The summed E-state index contributed by atoms with van der Waals surface area (Å²) in [5.74, 6) is 6.18. The summed E-state index contributed by atoms with van der Waals surface area (Å²) < 4.78 is 4.76. The van der Waals surface area contributed by atoms with Crippen LogP contribution in [0.25, 0.3) is 0 Å². The summed E-state index contributed by atoms with van der Waals surface area (Å²) in [4.78, 5) is 0. The average Bonchev–Trinajstić information content (AvgIpc) is 2.02. The van der Waals surface area contributed by atoms with Crippen LogP contribution >= 0.6 is 0 Å².